The first-order valence-electron chi connectivity index (χ1n) is 9.26. The van der Waals surface area contributed by atoms with Gasteiger partial charge in [0.15, 0.2) is 0 Å². The Hall–Kier alpha value is -1.92. The van der Waals surface area contributed by atoms with Crippen LogP contribution in [0.2, 0.25) is 0 Å². The first kappa shape index (κ1) is 17.9. The average Bonchev–Trinajstić information content (AvgIpc) is 2.63. The maximum Gasteiger partial charge on any atom is 0.241 e. The fourth-order valence-electron chi connectivity index (χ4n) is 3.69. The molecule has 0 bridgehead atoms. The van der Waals surface area contributed by atoms with Crippen LogP contribution in [0.5, 0.6) is 0 Å². The molecule has 3 rings (SSSR count). The summed E-state index contributed by atoms with van der Waals surface area (Å²) in [5.41, 5.74) is 7.41. The maximum atomic E-state index is 12.3. The minimum atomic E-state index is -0.180. The number of hydrogen-bond acceptors (Lipinski definition) is 4. The molecule has 0 radical (unpaired) electrons. The largest absolute Gasteiger partial charge is 0.369 e. The van der Waals surface area contributed by atoms with E-state index in [1.807, 2.05) is 18.2 Å². The minimum Gasteiger partial charge on any atom is -0.369 e. The molecule has 0 aliphatic carbocycles. The van der Waals surface area contributed by atoms with E-state index in [4.69, 9.17) is 5.73 Å². The molecule has 25 heavy (non-hydrogen) atoms. The number of amides is 2. The molecule has 2 fully saturated rings. The quantitative estimate of drug-likeness (QED) is 0.755. The van der Waals surface area contributed by atoms with Crippen molar-refractivity contribution in [2.75, 3.05) is 25.0 Å². The van der Waals surface area contributed by atoms with E-state index < -0.39 is 0 Å². The standard InChI is InChI=1S/C19H28N4O2/c20-18(24)15-7-10-23(11-8-15)13-14-4-3-5-16(12-14)22-19(25)17-6-1-2-9-21-17/h3-5,12,15,17,21H,1-2,6-11,13H2,(H2,20,24)(H,22,25)/t17-/m1/s1. The van der Waals surface area contributed by atoms with Crippen LogP contribution in [0.15, 0.2) is 24.3 Å². The second-order valence-corrected chi connectivity index (χ2v) is 7.14. The Labute approximate surface area is 149 Å². The molecule has 2 aliphatic rings. The Balaban J connectivity index is 1.53. The van der Waals surface area contributed by atoms with Crippen LogP contribution in [0.1, 0.15) is 37.7 Å². The van der Waals surface area contributed by atoms with Gasteiger partial charge >= 0.3 is 0 Å². The van der Waals surface area contributed by atoms with Crippen molar-refractivity contribution in [2.45, 2.75) is 44.7 Å². The number of benzene rings is 1. The normalized spacial score (nSPS) is 22.5. The van der Waals surface area contributed by atoms with Gasteiger partial charge in [-0.15, -0.1) is 0 Å². The van der Waals surface area contributed by atoms with Crippen molar-refractivity contribution >= 4 is 17.5 Å². The number of hydrogen-bond donors (Lipinski definition) is 3. The molecule has 1 aromatic rings. The third-order valence-electron chi connectivity index (χ3n) is 5.22. The molecule has 2 saturated heterocycles. The van der Waals surface area contributed by atoms with E-state index in [-0.39, 0.29) is 23.8 Å². The predicted octanol–water partition coefficient (Wildman–Crippen LogP) is 1.46. The molecule has 4 N–H and O–H groups in total. The minimum absolute atomic E-state index is 0.0184. The molecular weight excluding hydrogens is 316 g/mol. The van der Waals surface area contributed by atoms with Crippen molar-refractivity contribution in [3.8, 4) is 0 Å². The van der Waals surface area contributed by atoms with Gasteiger partial charge in [-0.1, -0.05) is 18.6 Å². The molecule has 0 unspecified atom stereocenters. The zero-order chi connectivity index (χ0) is 17.6. The van der Waals surface area contributed by atoms with E-state index in [9.17, 15) is 9.59 Å². The lowest BCUT2D eigenvalue weighted by Crippen LogP contribution is -2.43. The third kappa shape index (κ3) is 5.03. The van der Waals surface area contributed by atoms with Gasteiger partial charge < -0.3 is 16.4 Å². The summed E-state index contributed by atoms with van der Waals surface area (Å²) >= 11 is 0. The van der Waals surface area contributed by atoms with Crippen molar-refractivity contribution in [1.82, 2.24) is 10.2 Å². The lowest BCUT2D eigenvalue weighted by Gasteiger charge is -2.30. The molecule has 2 heterocycles. The first-order chi connectivity index (χ1) is 12.1. The molecule has 1 atom stereocenters. The van der Waals surface area contributed by atoms with Crippen LogP contribution >= 0.6 is 0 Å². The van der Waals surface area contributed by atoms with E-state index in [1.54, 1.807) is 0 Å². The van der Waals surface area contributed by atoms with Crippen molar-refractivity contribution < 1.29 is 9.59 Å². The van der Waals surface area contributed by atoms with Crippen LogP contribution in [0, 0.1) is 5.92 Å². The average molecular weight is 344 g/mol. The van der Waals surface area contributed by atoms with E-state index in [1.165, 1.54) is 5.56 Å². The lowest BCUT2D eigenvalue weighted by atomic mass is 9.96. The number of nitrogens with one attached hydrogen (secondary N) is 2. The highest BCUT2D eigenvalue weighted by molar-refractivity contribution is 5.94. The van der Waals surface area contributed by atoms with Crippen molar-refractivity contribution in [3.63, 3.8) is 0 Å². The second kappa shape index (κ2) is 8.45. The summed E-state index contributed by atoms with van der Waals surface area (Å²) in [4.78, 5) is 25.9. The predicted molar refractivity (Wildman–Crippen MR) is 97.9 cm³/mol. The monoisotopic (exact) mass is 344 g/mol. The van der Waals surface area contributed by atoms with Gasteiger partial charge in [0.2, 0.25) is 11.8 Å². The van der Waals surface area contributed by atoms with Crippen molar-refractivity contribution in [3.05, 3.63) is 29.8 Å². The van der Waals surface area contributed by atoms with Crippen LogP contribution in [-0.2, 0) is 16.1 Å². The molecule has 136 valence electrons. The Bertz CT molecular complexity index is 605. The number of primary amides is 1. The van der Waals surface area contributed by atoms with Gasteiger partial charge in [0.1, 0.15) is 0 Å². The van der Waals surface area contributed by atoms with Gasteiger partial charge in [-0.2, -0.15) is 0 Å². The summed E-state index contributed by atoms with van der Waals surface area (Å²) in [5, 5.41) is 6.30. The lowest BCUT2D eigenvalue weighted by molar-refractivity contribution is -0.123. The zero-order valence-electron chi connectivity index (χ0n) is 14.7. The van der Waals surface area contributed by atoms with E-state index in [0.717, 1.165) is 64.0 Å². The molecule has 6 heteroatoms. The molecule has 1 aromatic carbocycles. The van der Waals surface area contributed by atoms with E-state index in [2.05, 4.69) is 21.6 Å². The number of anilines is 1. The topological polar surface area (TPSA) is 87.5 Å². The fourth-order valence-corrected chi connectivity index (χ4v) is 3.69. The zero-order valence-corrected chi connectivity index (χ0v) is 14.7. The molecule has 2 aliphatic heterocycles. The molecule has 0 aromatic heterocycles. The highest BCUT2D eigenvalue weighted by Crippen LogP contribution is 2.20. The number of carbonyl (C=O) groups excluding carboxylic acids is 2. The second-order valence-electron chi connectivity index (χ2n) is 7.14. The first-order valence-corrected chi connectivity index (χ1v) is 9.26. The van der Waals surface area contributed by atoms with Gasteiger partial charge in [-0.05, 0) is 63.0 Å². The summed E-state index contributed by atoms with van der Waals surface area (Å²) in [6, 6.07) is 7.96. The number of nitrogens with zero attached hydrogens (tertiary/aromatic N) is 1. The number of nitrogens with two attached hydrogens (primary N) is 1. The summed E-state index contributed by atoms with van der Waals surface area (Å²) in [5.74, 6) is -0.107. The van der Waals surface area contributed by atoms with Crippen LogP contribution in [0.25, 0.3) is 0 Å². The van der Waals surface area contributed by atoms with Gasteiger partial charge in [0.05, 0.1) is 6.04 Å². The van der Waals surface area contributed by atoms with Gasteiger partial charge in [-0.3, -0.25) is 14.5 Å². The highest BCUT2D eigenvalue weighted by Gasteiger charge is 2.23. The van der Waals surface area contributed by atoms with Gasteiger partial charge in [0, 0.05) is 18.2 Å². The number of carbonyl (C=O) groups is 2. The number of likely N-dealkylation sites (tertiary alicyclic amines) is 1. The SMILES string of the molecule is NC(=O)C1CCN(Cc2cccc(NC(=O)[C@H]3CCCCN3)c2)CC1. The molecule has 6 nitrogen and oxygen atoms in total. The molecular formula is C19H28N4O2. The fraction of sp³-hybridized carbons (Fsp3) is 0.579. The highest BCUT2D eigenvalue weighted by atomic mass is 16.2. The van der Waals surface area contributed by atoms with E-state index in [0.29, 0.717) is 0 Å². The third-order valence-corrected chi connectivity index (χ3v) is 5.22. The number of piperidine rings is 2. The Morgan fingerprint density at radius 2 is 2.00 bits per heavy atom. The summed E-state index contributed by atoms with van der Waals surface area (Å²) < 4.78 is 0. The number of rotatable bonds is 5. The molecule has 0 saturated carbocycles. The summed E-state index contributed by atoms with van der Waals surface area (Å²) in [7, 11) is 0. The Morgan fingerprint density at radius 3 is 2.68 bits per heavy atom. The van der Waals surface area contributed by atoms with Crippen LogP contribution in [0.3, 0.4) is 0 Å². The van der Waals surface area contributed by atoms with Gasteiger partial charge in [-0.25, -0.2) is 0 Å². The van der Waals surface area contributed by atoms with Crippen molar-refractivity contribution in [2.24, 2.45) is 11.7 Å². The van der Waals surface area contributed by atoms with Crippen LogP contribution in [-0.4, -0.2) is 42.4 Å². The van der Waals surface area contributed by atoms with Crippen molar-refractivity contribution in [1.29, 1.82) is 0 Å². The molecule has 0 spiro atoms. The van der Waals surface area contributed by atoms with Gasteiger partial charge in [0.25, 0.3) is 0 Å². The Morgan fingerprint density at radius 1 is 1.20 bits per heavy atom. The summed E-state index contributed by atoms with van der Waals surface area (Å²) in [6.07, 6.45) is 4.82. The Kier molecular flexibility index (Phi) is 6.04. The van der Waals surface area contributed by atoms with Crippen LogP contribution in [0.4, 0.5) is 5.69 Å². The van der Waals surface area contributed by atoms with E-state index >= 15 is 0 Å². The summed E-state index contributed by atoms with van der Waals surface area (Å²) in [6.45, 7) is 3.52. The van der Waals surface area contributed by atoms with Crippen LogP contribution < -0.4 is 16.4 Å². The molecule has 2 amide bonds. The maximum absolute atomic E-state index is 12.3. The smallest absolute Gasteiger partial charge is 0.241 e.